The van der Waals surface area contributed by atoms with Gasteiger partial charge in [0, 0.05) is 18.2 Å². The maximum absolute atomic E-state index is 11.7. The quantitative estimate of drug-likeness (QED) is 0.841. The topological polar surface area (TPSA) is 81.2 Å². The van der Waals surface area contributed by atoms with E-state index >= 15 is 0 Å². The molecule has 1 aliphatic rings. The van der Waals surface area contributed by atoms with Crippen LogP contribution in [0.25, 0.3) is 0 Å². The predicted molar refractivity (Wildman–Crippen MR) is 66.2 cm³/mol. The number of hydrogen-bond acceptors (Lipinski definition) is 4. The number of carbonyl (C=O) groups excluding carboxylic acids is 1. The van der Waals surface area contributed by atoms with Crippen LogP contribution in [0.3, 0.4) is 0 Å². The van der Waals surface area contributed by atoms with Crippen molar-refractivity contribution in [2.24, 2.45) is 5.73 Å². The molecule has 1 aliphatic carbocycles. The molecule has 1 fully saturated rings. The van der Waals surface area contributed by atoms with E-state index in [2.05, 4.69) is 10.5 Å². The van der Waals surface area contributed by atoms with Gasteiger partial charge in [0.1, 0.15) is 0 Å². The first-order valence-corrected chi connectivity index (χ1v) is 5.65. The number of nitrogens with one attached hydrogen (secondary N) is 1. The first-order valence-electron chi connectivity index (χ1n) is 5.65. The van der Waals surface area contributed by atoms with Gasteiger partial charge in [-0.05, 0) is 32.6 Å². The Balaban J connectivity index is 0.00000144. The summed E-state index contributed by atoms with van der Waals surface area (Å²) in [6, 6.07) is 2.16. The van der Waals surface area contributed by atoms with E-state index in [1.165, 1.54) is 0 Å². The Kier molecular flexibility index (Phi) is 4.96. The van der Waals surface area contributed by atoms with E-state index in [4.69, 9.17) is 10.3 Å². The lowest BCUT2D eigenvalue weighted by atomic mass is 9.92. The normalized spacial score (nSPS) is 23.9. The average Bonchev–Trinajstić information content (AvgIpc) is 2.68. The van der Waals surface area contributed by atoms with Gasteiger partial charge in [-0.2, -0.15) is 0 Å². The maximum atomic E-state index is 11.7. The Bertz CT molecular complexity index is 373. The van der Waals surface area contributed by atoms with Crippen molar-refractivity contribution < 1.29 is 9.32 Å². The van der Waals surface area contributed by atoms with Gasteiger partial charge in [-0.15, -0.1) is 12.4 Å². The number of aryl methyl sites for hydroxylation is 1. The number of amides is 1. The van der Waals surface area contributed by atoms with Crippen molar-refractivity contribution in [3.63, 3.8) is 0 Å². The fraction of sp³-hybridized carbons (Fsp3) is 0.636. The molecule has 1 aromatic rings. The van der Waals surface area contributed by atoms with Gasteiger partial charge in [0.25, 0.3) is 5.91 Å². The zero-order valence-corrected chi connectivity index (χ0v) is 10.6. The van der Waals surface area contributed by atoms with Gasteiger partial charge in [-0.3, -0.25) is 4.79 Å². The van der Waals surface area contributed by atoms with Gasteiger partial charge in [-0.25, -0.2) is 0 Å². The molecule has 0 atom stereocenters. The van der Waals surface area contributed by atoms with Crippen LogP contribution in [0.5, 0.6) is 0 Å². The van der Waals surface area contributed by atoms with Crippen LogP contribution < -0.4 is 11.1 Å². The summed E-state index contributed by atoms with van der Waals surface area (Å²) in [6.45, 7) is 1.79. The summed E-state index contributed by atoms with van der Waals surface area (Å²) in [7, 11) is 0. The number of aromatic nitrogens is 1. The van der Waals surface area contributed by atoms with Gasteiger partial charge in [0.15, 0.2) is 0 Å². The zero-order chi connectivity index (χ0) is 11.5. The fourth-order valence-corrected chi connectivity index (χ4v) is 1.99. The molecule has 0 unspecified atom stereocenters. The molecule has 17 heavy (non-hydrogen) atoms. The lowest BCUT2D eigenvalue weighted by Crippen LogP contribution is -2.40. The Morgan fingerprint density at radius 3 is 2.65 bits per heavy atom. The first-order chi connectivity index (χ1) is 7.65. The third-order valence-electron chi connectivity index (χ3n) is 2.96. The molecule has 1 aromatic heterocycles. The molecule has 2 rings (SSSR count). The fourth-order valence-electron chi connectivity index (χ4n) is 1.99. The smallest absolute Gasteiger partial charge is 0.290 e. The maximum Gasteiger partial charge on any atom is 0.290 e. The molecule has 0 aliphatic heterocycles. The van der Waals surface area contributed by atoms with Crippen LogP contribution in [0, 0.1) is 6.92 Å². The van der Waals surface area contributed by atoms with Crippen molar-refractivity contribution in [1.29, 1.82) is 0 Å². The van der Waals surface area contributed by atoms with Crippen molar-refractivity contribution in [1.82, 2.24) is 10.5 Å². The van der Waals surface area contributed by atoms with Crippen LogP contribution >= 0.6 is 12.4 Å². The Morgan fingerprint density at radius 2 is 2.12 bits per heavy atom. The highest BCUT2D eigenvalue weighted by Crippen LogP contribution is 2.17. The molecular formula is C11H18ClN3O2. The second-order valence-corrected chi connectivity index (χ2v) is 4.42. The highest BCUT2D eigenvalue weighted by atomic mass is 35.5. The largest absolute Gasteiger partial charge is 0.351 e. The number of rotatable bonds is 2. The average molecular weight is 260 g/mol. The Morgan fingerprint density at radius 1 is 1.47 bits per heavy atom. The zero-order valence-electron chi connectivity index (χ0n) is 9.81. The van der Waals surface area contributed by atoms with E-state index in [1.807, 2.05) is 0 Å². The van der Waals surface area contributed by atoms with Gasteiger partial charge in [0.2, 0.25) is 5.76 Å². The summed E-state index contributed by atoms with van der Waals surface area (Å²) >= 11 is 0. The summed E-state index contributed by atoms with van der Waals surface area (Å²) in [5, 5.41) is 6.63. The second-order valence-electron chi connectivity index (χ2n) is 4.42. The molecular weight excluding hydrogens is 242 g/mol. The summed E-state index contributed by atoms with van der Waals surface area (Å²) in [4.78, 5) is 11.7. The molecule has 5 nitrogen and oxygen atoms in total. The van der Waals surface area contributed by atoms with E-state index in [1.54, 1.807) is 13.0 Å². The van der Waals surface area contributed by atoms with Crippen LogP contribution in [-0.4, -0.2) is 23.1 Å². The Labute approximate surface area is 107 Å². The van der Waals surface area contributed by atoms with E-state index in [9.17, 15) is 4.79 Å². The molecule has 0 saturated heterocycles. The van der Waals surface area contributed by atoms with Gasteiger partial charge in [-0.1, -0.05) is 5.16 Å². The molecule has 0 bridgehead atoms. The van der Waals surface area contributed by atoms with Crippen molar-refractivity contribution in [3.05, 3.63) is 17.5 Å². The standard InChI is InChI=1S/C11H17N3O2.ClH/c1-7-6-10(16-14-7)11(15)13-9-4-2-8(12)3-5-9;/h6,8-9H,2-5,12H2,1H3,(H,13,15);1H. The minimum absolute atomic E-state index is 0. The number of carbonyl (C=O) groups is 1. The first kappa shape index (κ1) is 14.0. The molecule has 0 spiro atoms. The second kappa shape index (κ2) is 6.02. The molecule has 0 radical (unpaired) electrons. The highest BCUT2D eigenvalue weighted by Gasteiger charge is 2.21. The lowest BCUT2D eigenvalue weighted by molar-refractivity contribution is 0.0888. The molecule has 1 amide bonds. The van der Waals surface area contributed by atoms with Gasteiger partial charge >= 0.3 is 0 Å². The molecule has 1 heterocycles. The molecule has 3 N–H and O–H groups in total. The van der Waals surface area contributed by atoms with E-state index in [0.29, 0.717) is 6.04 Å². The molecule has 1 saturated carbocycles. The summed E-state index contributed by atoms with van der Waals surface area (Å²) in [5.41, 5.74) is 6.52. The minimum atomic E-state index is -0.180. The number of hydrogen-bond donors (Lipinski definition) is 2. The van der Waals surface area contributed by atoms with Crippen LogP contribution in [-0.2, 0) is 0 Å². The van der Waals surface area contributed by atoms with Crippen LogP contribution in [0.2, 0.25) is 0 Å². The third kappa shape index (κ3) is 3.71. The molecule has 0 aromatic carbocycles. The predicted octanol–water partition coefficient (Wildman–Crippen LogP) is 1.40. The van der Waals surface area contributed by atoms with Crippen molar-refractivity contribution in [2.75, 3.05) is 0 Å². The molecule has 96 valence electrons. The van der Waals surface area contributed by atoms with E-state index < -0.39 is 0 Å². The van der Waals surface area contributed by atoms with Crippen molar-refractivity contribution in [2.45, 2.75) is 44.7 Å². The summed E-state index contributed by atoms with van der Waals surface area (Å²) in [6.07, 6.45) is 3.83. The number of halogens is 1. The van der Waals surface area contributed by atoms with E-state index in [-0.39, 0.29) is 30.1 Å². The van der Waals surface area contributed by atoms with E-state index in [0.717, 1.165) is 31.4 Å². The van der Waals surface area contributed by atoms with Crippen molar-refractivity contribution >= 4 is 18.3 Å². The SMILES string of the molecule is Cc1cc(C(=O)NC2CCC(N)CC2)on1.Cl. The third-order valence-corrected chi connectivity index (χ3v) is 2.96. The highest BCUT2D eigenvalue weighted by molar-refractivity contribution is 5.91. The Hall–Kier alpha value is -1.07. The number of nitrogens with zero attached hydrogens (tertiary/aromatic N) is 1. The monoisotopic (exact) mass is 259 g/mol. The van der Waals surface area contributed by atoms with Crippen LogP contribution in [0.15, 0.2) is 10.6 Å². The van der Waals surface area contributed by atoms with Crippen molar-refractivity contribution in [3.8, 4) is 0 Å². The minimum Gasteiger partial charge on any atom is -0.351 e. The summed E-state index contributed by atoms with van der Waals surface area (Å²) in [5.74, 6) is 0.105. The number of nitrogens with two attached hydrogens (primary N) is 1. The summed E-state index contributed by atoms with van der Waals surface area (Å²) < 4.78 is 4.90. The lowest BCUT2D eigenvalue weighted by Gasteiger charge is -2.26. The van der Waals surface area contributed by atoms with Gasteiger partial charge < -0.3 is 15.6 Å². The van der Waals surface area contributed by atoms with Crippen LogP contribution in [0.1, 0.15) is 41.9 Å². The van der Waals surface area contributed by atoms with Crippen LogP contribution in [0.4, 0.5) is 0 Å². The molecule has 6 heteroatoms. The van der Waals surface area contributed by atoms with Gasteiger partial charge in [0.05, 0.1) is 5.69 Å².